The van der Waals surface area contributed by atoms with Crippen molar-refractivity contribution >= 4 is 29.2 Å². The minimum Gasteiger partial charge on any atom is -0.463 e. The molecule has 0 aromatic heterocycles. The molecule has 152 valence electrons. The van der Waals surface area contributed by atoms with E-state index in [1.54, 1.807) is 31.3 Å². The number of nitrogens with two attached hydrogens (primary N) is 1. The molecule has 2 aromatic rings. The molecule has 11 heteroatoms. The number of nitrogens with one attached hydrogen (secondary N) is 1. The molecule has 1 atom stereocenters. The van der Waals surface area contributed by atoms with E-state index in [9.17, 15) is 19.1 Å². The highest BCUT2D eigenvalue weighted by Crippen LogP contribution is 2.19. The molecule has 0 spiro atoms. The molecule has 0 bridgehead atoms. The van der Waals surface area contributed by atoms with Crippen molar-refractivity contribution in [1.29, 1.82) is 0 Å². The van der Waals surface area contributed by atoms with Gasteiger partial charge >= 0.3 is 11.4 Å². The van der Waals surface area contributed by atoms with Gasteiger partial charge in [0.25, 0.3) is 12.2 Å². The van der Waals surface area contributed by atoms with Crippen LogP contribution in [0.2, 0.25) is 0 Å². The van der Waals surface area contributed by atoms with Crippen LogP contribution in [0.5, 0.6) is 5.75 Å². The van der Waals surface area contributed by atoms with Crippen molar-refractivity contribution in [2.24, 2.45) is 5.73 Å². The van der Waals surface area contributed by atoms with E-state index < -0.39 is 16.3 Å². The van der Waals surface area contributed by atoms with Gasteiger partial charge in [-0.1, -0.05) is 6.07 Å². The first-order valence-corrected chi connectivity index (χ1v) is 9.03. The summed E-state index contributed by atoms with van der Waals surface area (Å²) in [6.45, 7) is 0.917. The van der Waals surface area contributed by atoms with Crippen LogP contribution < -0.4 is 15.2 Å². The third-order valence-corrected chi connectivity index (χ3v) is 3.77. The zero-order valence-electron chi connectivity index (χ0n) is 15.1. The van der Waals surface area contributed by atoms with Gasteiger partial charge in [0, 0.05) is 24.9 Å². The maximum absolute atomic E-state index is 10.5. The van der Waals surface area contributed by atoms with Crippen molar-refractivity contribution in [3.05, 3.63) is 63.7 Å². The van der Waals surface area contributed by atoms with Crippen LogP contribution in [0.1, 0.15) is 11.1 Å². The largest absolute Gasteiger partial charge is 0.463 e. The van der Waals surface area contributed by atoms with Gasteiger partial charge in [0.05, 0.1) is 4.92 Å². The van der Waals surface area contributed by atoms with Crippen LogP contribution in [-0.4, -0.2) is 33.7 Å². The Morgan fingerprint density at radius 2 is 1.93 bits per heavy atom. The molecule has 0 heterocycles. The number of anilines is 1. The summed E-state index contributed by atoms with van der Waals surface area (Å²) in [7, 11) is 1.77. The molecule has 0 aliphatic carbocycles. The number of non-ortho nitro benzene ring substituents is 1. The molecule has 0 saturated carbocycles. The van der Waals surface area contributed by atoms with Crippen LogP contribution in [0.3, 0.4) is 0 Å². The second kappa shape index (κ2) is 12.4. The van der Waals surface area contributed by atoms with Gasteiger partial charge < -0.3 is 20.0 Å². The third kappa shape index (κ3) is 8.12. The van der Waals surface area contributed by atoms with Crippen LogP contribution in [0.15, 0.2) is 42.5 Å². The van der Waals surface area contributed by atoms with Crippen molar-refractivity contribution < 1.29 is 27.4 Å². The van der Waals surface area contributed by atoms with Gasteiger partial charge in [-0.2, -0.15) is 4.21 Å². The molecule has 0 fully saturated rings. The molecule has 0 saturated heterocycles. The minimum atomic E-state index is -2.36. The Balaban J connectivity index is 0.000000307. The molecular formula is C17H21N3O7S. The van der Waals surface area contributed by atoms with Gasteiger partial charge in [0.1, 0.15) is 12.4 Å². The summed E-state index contributed by atoms with van der Waals surface area (Å²) >= 11 is -2.36. The first-order chi connectivity index (χ1) is 13.4. The van der Waals surface area contributed by atoms with E-state index in [-0.39, 0.29) is 18.0 Å². The number of hydrogen-bond acceptors (Lipinski definition) is 8. The Labute approximate surface area is 164 Å². The van der Waals surface area contributed by atoms with Crippen LogP contribution in [-0.2, 0) is 33.9 Å². The number of nitro benzene ring substituents is 1. The Kier molecular flexibility index (Phi) is 10.2. The molecule has 10 nitrogen and oxygen atoms in total. The average Bonchev–Trinajstić information content (AvgIpc) is 2.68. The fourth-order valence-electron chi connectivity index (χ4n) is 2.14. The normalized spacial score (nSPS) is 10.8. The molecule has 28 heavy (non-hydrogen) atoms. The Morgan fingerprint density at radius 1 is 1.25 bits per heavy atom. The maximum atomic E-state index is 10.5. The molecule has 1 unspecified atom stereocenters. The van der Waals surface area contributed by atoms with Crippen molar-refractivity contribution in [3.63, 3.8) is 0 Å². The quantitative estimate of drug-likeness (QED) is 0.243. The Bertz CT molecular complexity index is 800. The number of carbonyl (C=O) groups excluding carboxylic acids is 1. The number of nitro groups is 1. The summed E-state index contributed by atoms with van der Waals surface area (Å²) < 4.78 is 28.4. The SMILES string of the molecule is CNc1ccc([N+](=O)[O-])cc1.NCCc1cc(OS(=O)O)ccc1COC=O. The summed E-state index contributed by atoms with van der Waals surface area (Å²) in [5.41, 5.74) is 8.04. The predicted octanol–water partition coefficient (Wildman–Crippen LogP) is 2.01. The molecular weight excluding hydrogens is 390 g/mol. The van der Waals surface area contributed by atoms with E-state index in [1.807, 2.05) is 0 Å². The predicted molar refractivity (Wildman–Crippen MR) is 104 cm³/mol. The second-order valence-corrected chi connectivity index (χ2v) is 5.83. The zero-order chi connectivity index (χ0) is 20.9. The molecule has 2 rings (SSSR count). The summed E-state index contributed by atoms with van der Waals surface area (Å²) in [6.07, 6.45) is 0.562. The standard InChI is InChI=1S/C10H13NO5S.C7H8N2O2/c11-4-3-8-5-10(16-17(13)14)2-1-9(8)6-15-7-12;1-8-6-2-4-7(5-3-6)9(10)11/h1-2,5,7H,3-4,6,11H2,(H,13,14);2-5,8H,1H3. The lowest BCUT2D eigenvalue weighted by Gasteiger charge is -2.09. The van der Waals surface area contributed by atoms with Crippen LogP contribution in [0.25, 0.3) is 0 Å². The first-order valence-electron chi connectivity index (χ1n) is 7.99. The van der Waals surface area contributed by atoms with Gasteiger partial charge in [0.2, 0.25) is 0 Å². The number of benzene rings is 2. The monoisotopic (exact) mass is 411 g/mol. The topological polar surface area (TPSA) is 154 Å². The highest BCUT2D eigenvalue weighted by atomic mass is 32.2. The number of nitrogens with zero attached hydrogens (tertiary/aromatic N) is 1. The van der Waals surface area contributed by atoms with E-state index in [4.69, 9.17) is 10.3 Å². The van der Waals surface area contributed by atoms with Crippen molar-refractivity contribution in [3.8, 4) is 5.75 Å². The summed E-state index contributed by atoms with van der Waals surface area (Å²) in [4.78, 5) is 19.9. The lowest BCUT2D eigenvalue weighted by Crippen LogP contribution is -2.07. The summed E-state index contributed by atoms with van der Waals surface area (Å²) in [6, 6.07) is 11.0. The van der Waals surface area contributed by atoms with Gasteiger partial charge in [-0.25, -0.2) is 0 Å². The lowest BCUT2D eigenvalue weighted by molar-refractivity contribution is -0.384. The highest BCUT2D eigenvalue weighted by Gasteiger charge is 2.06. The van der Waals surface area contributed by atoms with Crippen LogP contribution >= 0.6 is 0 Å². The second-order valence-electron chi connectivity index (χ2n) is 5.23. The van der Waals surface area contributed by atoms with Crippen molar-refractivity contribution in [2.75, 3.05) is 18.9 Å². The molecule has 0 radical (unpaired) electrons. The van der Waals surface area contributed by atoms with E-state index >= 15 is 0 Å². The minimum absolute atomic E-state index is 0.115. The fourth-order valence-corrected chi connectivity index (χ4v) is 2.41. The van der Waals surface area contributed by atoms with E-state index in [0.29, 0.717) is 19.4 Å². The van der Waals surface area contributed by atoms with Gasteiger partial charge in [0.15, 0.2) is 0 Å². The fraction of sp³-hybridized carbons (Fsp3) is 0.235. The third-order valence-electron chi connectivity index (χ3n) is 3.43. The van der Waals surface area contributed by atoms with E-state index in [1.165, 1.54) is 18.2 Å². The van der Waals surface area contributed by atoms with E-state index in [2.05, 4.69) is 14.2 Å². The molecule has 2 aromatic carbocycles. The molecule has 4 N–H and O–H groups in total. The summed E-state index contributed by atoms with van der Waals surface area (Å²) in [5.74, 6) is 0.268. The van der Waals surface area contributed by atoms with E-state index in [0.717, 1.165) is 16.8 Å². The highest BCUT2D eigenvalue weighted by molar-refractivity contribution is 7.74. The zero-order valence-corrected chi connectivity index (χ0v) is 15.9. The smallest absolute Gasteiger partial charge is 0.357 e. The number of ether oxygens (including phenoxy) is 1. The van der Waals surface area contributed by atoms with Gasteiger partial charge in [-0.3, -0.25) is 19.5 Å². The first kappa shape index (κ1) is 23.0. The number of rotatable bonds is 9. The van der Waals surface area contributed by atoms with Crippen LogP contribution in [0, 0.1) is 10.1 Å². The lowest BCUT2D eigenvalue weighted by atomic mass is 10.0. The Morgan fingerprint density at radius 3 is 2.43 bits per heavy atom. The Hall–Kier alpha value is -3.02. The molecule has 0 amide bonds. The molecule has 0 aliphatic heterocycles. The van der Waals surface area contributed by atoms with Crippen molar-refractivity contribution in [2.45, 2.75) is 13.0 Å². The summed E-state index contributed by atoms with van der Waals surface area (Å²) in [5, 5.41) is 13.1. The van der Waals surface area contributed by atoms with Gasteiger partial charge in [-0.15, -0.1) is 0 Å². The number of carbonyl (C=O) groups is 1. The van der Waals surface area contributed by atoms with Crippen molar-refractivity contribution in [1.82, 2.24) is 0 Å². The van der Waals surface area contributed by atoms with Crippen LogP contribution in [0.4, 0.5) is 11.4 Å². The average molecular weight is 411 g/mol. The van der Waals surface area contributed by atoms with Gasteiger partial charge in [-0.05, 0) is 48.4 Å². The maximum Gasteiger partial charge on any atom is 0.357 e. The molecule has 0 aliphatic rings. The number of hydrogen-bond donors (Lipinski definition) is 3.